The van der Waals surface area contributed by atoms with Crippen molar-refractivity contribution in [2.45, 2.75) is 6.92 Å². The number of hydrogen-bond donors (Lipinski definition) is 0. The van der Waals surface area contributed by atoms with Crippen molar-refractivity contribution in [1.29, 1.82) is 0 Å². The lowest BCUT2D eigenvalue weighted by molar-refractivity contribution is 0.353. The maximum atomic E-state index is 5.41. The summed E-state index contributed by atoms with van der Waals surface area (Å²) in [6, 6.07) is 7.74. The number of pyridine rings is 1. The Kier molecular flexibility index (Phi) is 3.78. The van der Waals surface area contributed by atoms with Crippen molar-refractivity contribution in [3.05, 3.63) is 48.5 Å². The first-order valence-electron chi connectivity index (χ1n) is 6.82. The Labute approximate surface area is 128 Å². The normalized spacial score (nSPS) is 10.5. The van der Waals surface area contributed by atoms with Crippen LogP contribution in [0.1, 0.15) is 5.56 Å². The minimum atomic E-state index is 0.668. The monoisotopic (exact) mass is 296 g/mol. The lowest BCUT2D eigenvalue weighted by atomic mass is 10.0. The maximum Gasteiger partial charge on any atom is 0.163 e. The highest BCUT2D eigenvalue weighted by Gasteiger charge is 2.16. The first kappa shape index (κ1) is 14.1. The third-order valence-electron chi connectivity index (χ3n) is 3.50. The molecule has 22 heavy (non-hydrogen) atoms. The van der Waals surface area contributed by atoms with Crippen molar-refractivity contribution < 1.29 is 14.0 Å². The Morgan fingerprint density at radius 2 is 1.77 bits per heavy atom. The number of rotatable bonds is 4. The predicted octanol–water partition coefficient (Wildman–Crippen LogP) is 3.73. The molecule has 0 aliphatic heterocycles. The second kappa shape index (κ2) is 5.89. The summed E-state index contributed by atoms with van der Waals surface area (Å²) in [5.74, 6) is 1.39. The Morgan fingerprint density at radius 3 is 2.45 bits per heavy atom. The summed E-state index contributed by atoms with van der Waals surface area (Å²) in [6.45, 7) is 1.97. The van der Waals surface area contributed by atoms with E-state index in [0.29, 0.717) is 5.75 Å². The van der Waals surface area contributed by atoms with Crippen LogP contribution in [0.25, 0.3) is 22.4 Å². The van der Waals surface area contributed by atoms with Gasteiger partial charge in [-0.05, 0) is 42.3 Å². The van der Waals surface area contributed by atoms with Gasteiger partial charge in [-0.2, -0.15) is 0 Å². The van der Waals surface area contributed by atoms with Gasteiger partial charge in [0.25, 0.3) is 0 Å². The molecule has 0 aliphatic carbocycles. The molecule has 5 heteroatoms. The molecule has 0 saturated heterocycles. The minimum Gasteiger partial charge on any atom is -0.493 e. The molecule has 2 heterocycles. The standard InChI is InChI=1S/C17H16N2O3/c1-11-8-13(9-15(20-2)17(11)21-3)16-14(10-22-19-16)12-4-6-18-7-5-12/h4-10H,1-3H3. The fraction of sp³-hybridized carbons (Fsp3) is 0.176. The van der Waals surface area contributed by atoms with Crippen molar-refractivity contribution in [2.75, 3.05) is 14.2 Å². The summed E-state index contributed by atoms with van der Waals surface area (Å²) < 4.78 is 16.0. The molecule has 2 aromatic heterocycles. The van der Waals surface area contributed by atoms with Crippen molar-refractivity contribution in [1.82, 2.24) is 10.1 Å². The van der Waals surface area contributed by atoms with Crippen LogP contribution in [-0.4, -0.2) is 24.4 Å². The molecule has 0 atom stereocenters. The highest BCUT2D eigenvalue weighted by atomic mass is 16.5. The van der Waals surface area contributed by atoms with Gasteiger partial charge in [0.2, 0.25) is 0 Å². The van der Waals surface area contributed by atoms with E-state index >= 15 is 0 Å². The van der Waals surface area contributed by atoms with E-state index in [4.69, 9.17) is 14.0 Å². The lowest BCUT2D eigenvalue weighted by Gasteiger charge is -2.12. The third-order valence-corrected chi connectivity index (χ3v) is 3.50. The van der Waals surface area contributed by atoms with Gasteiger partial charge >= 0.3 is 0 Å². The van der Waals surface area contributed by atoms with Crippen LogP contribution in [0.5, 0.6) is 11.5 Å². The molecule has 0 unspecified atom stereocenters. The summed E-state index contributed by atoms with van der Waals surface area (Å²) in [6.07, 6.45) is 5.12. The molecule has 5 nitrogen and oxygen atoms in total. The van der Waals surface area contributed by atoms with E-state index in [0.717, 1.165) is 33.7 Å². The van der Waals surface area contributed by atoms with Gasteiger partial charge < -0.3 is 14.0 Å². The molecule has 3 rings (SSSR count). The summed E-state index contributed by atoms with van der Waals surface area (Å²) in [5.41, 5.74) is 4.55. The summed E-state index contributed by atoms with van der Waals surface area (Å²) in [4.78, 5) is 4.03. The topological polar surface area (TPSA) is 57.4 Å². The fourth-order valence-electron chi connectivity index (χ4n) is 2.47. The van der Waals surface area contributed by atoms with Gasteiger partial charge in [-0.3, -0.25) is 4.98 Å². The van der Waals surface area contributed by atoms with Crippen LogP contribution in [-0.2, 0) is 0 Å². The summed E-state index contributed by atoms with van der Waals surface area (Å²) in [7, 11) is 3.25. The molecule has 0 aliphatic rings. The molecular weight excluding hydrogens is 280 g/mol. The summed E-state index contributed by atoms with van der Waals surface area (Å²) >= 11 is 0. The van der Waals surface area contributed by atoms with Gasteiger partial charge in [0.05, 0.1) is 14.2 Å². The zero-order valence-corrected chi connectivity index (χ0v) is 12.7. The third kappa shape index (κ3) is 2.41. The van der Waals surface area contributed by atoms with Crippen LogP contribution in [0.3, 0.4) is 0 Å². The van der Waals surface area contributed by atoms with E-state index in [1.54, 1.807) is 32.9 Å². The van der Waals surface area contributed by atoms with Crippen LogP contribution in [0.2, 0.25) is 0 Å². The Hall–Kier alpha value is -2.82. The van der Waals surface area contributed by atoms with Gasteiger partial charge in [0.1, 0.15) is 12.0 Å². The average molecular weight is 296 g/mol. The molecule has 112 valence electrons. The largest absolute Gasteiger partial charge is 0.493 e. The molecule has 1 aromatic carbocycles. The van der Waals surface area contributed by atoms with E-state index in [9.17, 15) is 0 Å². The zero-order valence-electron chi connectivity index (χ0n) is 12.7. The second-order valence-electron chi connectivity index (χ2n) is 4.84. The minimum absolute atomic E-state index is 0.668. The van der Waals surface area contributed by atoms with E-state index in [1.807, 2.05) is 31.2 Å². The molecule has 0 saturated carbocycles. The van der Waals surface area contributed by atoms with E-state index in [1.165, 1.54) is 0 Å². The van der Waals surface area contributed by atoms with Gasteiger partial charge in [0, 0.05) is 23.5 Å². The molecule has 0 bridgehead atoms. The molecule has 0 radical (unpaired) electrons. The average Bonchev–Trinajstić information content (AvgIpc) is 3.04. The smallest absolute Gasteiger partial charge is 0.163 e. The van der Waals surface area contributed by atoms with Crippen molar-refractivity contribution in [3.63, 3.8) is 0 Å². The molecule has 0 spiro atoms. The van der Waals surface area contributed by atoms with Crippen molar-refractivity contribution in [2.24, 2.45) is 0 Å². The SMILES string of the molecule is COc1cc(-c2nocc2-c2ccncc2)cc(C)c1OC. The van der Waals surface area contributed by atoms with Gasteiger partial charge in [-0.1, -0.05) is 5.16 Å². The van der Waals surface area contributed by atoms with Crippen LogP contribution >= 0.6 is 0 Å². The molecular formula is C17H16N2O3. The van der Waals surface area contributed by atoms with Crippen LogP contribution in [0, 0.1) is 6.92 Å². The van der Waals surface area contributed by atoms with Gasteiger partial charge in [0.15, 0.2) is 11.5 Å². The predicted molar refractivity (Wildman–Crippen MR) is 83.0 cm³/mol. The number of hydrogen-bond acceptors (Lipinski definition) is 5. The first-order chi connectivity index (χ1) is 10.7. The van der Waals surface area contributed by atoms with E-state index < -0.39 is 0 Å². The summed E-state index contributed by atoms with van der Waals surface area (Å²) in [5, 5.41) is 4.14. The highest BCUT2D eigenvalue weighted by molar-refractivity contribution is 5.81. The van der Waals surface area contributed by atoms with Crippen LogP contribution < -0.4 is 9.47 Å². The highest BCUT2D eigenvalue weighted by Crippen LogP contribution is 2.38. The zero-order chi connectivity index (χ0) is 15.5. The Balaban J connectivity index is 2.14. The number of ether oxygens (including phenoxy) is 2. The maximum absolute atomic E-state index is 5.41. The number of methoxy groups -OCH3 is 2. The number of aromatic nitrogens is 2. The fourth-order valence-corrected chi connectivity index (χ4v) is 2.47. The Bertz CT molecular complexity index is 782. The number of benzene rings is 1. The Morgan fingerprint density at radius 1 is 1.00 bits per heavy atom. The van der Waals surface area contributed by atoms with E-state index in [-0.39, 0.29) is 0 Å². The number of nitrogens with zero attached hydrogens (tertiary/aromatic N) is 2. The first-order valence-corrected chi connectivity index (χ1v) is 6.82. The second-order valence-corrected chi connectivity index (χ2v) is 4.84. The number of aryl methyl sites for hydroxylation is 1. The lowest BCUT2D eigenvalue weighted by Crippen LogP contribution is -1.94. The van der Waals surface area contributed by atoms with E-state index in [2.05, 4.69) is 10.1 Å². The molecule has 0 N–H and O–H groups in total. The molecule has 3 aromatic rings. The van der Waals surface area contributed by atoms with Crippen LogP contribution in [0.4, 0.5) is 0 Å². The molecule has 0 fully saturated rings. The van der Waals surface area contributed by atoms with Crippen molar-refractivity contribution >= 4 is 0 Å². The quantitative estimate of drug-likeness (QED) is 0.734. The van der Waals surface area contributed by atoms with Gasteiger partial charge in [-0.25, -0.2) is 0 Å². The van der Waals surface area contributed by atoms with Crippen LogP contribution in [0.15, 0.2) is 47.4 Å². The molecule has 0 amide bonds. The van der Waals surface area contributed by atoms with Crippen molar-refractivity contribution in [3.8, 4) is 33.9 Å². The van der Waals surface area contributed by atoms with Gasteiger partial charge in [-0.15, -0.1) is 0 Å².